The van der Waals surface area contributed by atoms with E-state index in [1.54, 1.807) is 0 Å². The summed E-state index contributed by atoms with van der Waals surface area (Å²) in [6, 6.07) is 7.77. The van der Waals surface area contributed by atoms with Crippen molar-refractivity contribution in [3.05, 3.63) is 57.6 Å². The Labute approximate surface area is 506 Å². The molecule has 4 N–H and O–H groups in total. The van der Waals surface area contributed by atoms with Crippen molar-refractivity contribution < 1.29 is 38.2 Å². The Morgan fingerprint density at radius 3 is 0.649 bits per heavy atom. The monoisotopic (exact) mass is 1140 g/mol. The summed E-state index contributed by atoms with van der Waals surface area (Å²) in [6.45, 7) is 31.6. The van der Waals surface area contributed by atoms with Crippen molar-refractivity contribution >= 4 is 52.9 Å². The topological polar surface area (TPSA) is 134 Å². The van der Waals surface area contributed by atoms with Gasteiger partial charge in [-0.25, -0.2) is 0 Å². The van der Waals surface area contributed by atoms with Crippen LogP contribution >= 0.6 is 15.2 Å². The molecule has 2 aromatic carbocycles. The smallest absolute Gasteiger partial charge is 0.329 e. The van der Waals surface area contributed by atoms with Crippen molar-refractivity contribution in [2.75, 3.05) is 13.2 Å². The molecule has 11 heteroatoms. The van der Waals surface area contributed by atoms with Crippen LogP contribution in [-0.2, 0) is 43.1 Å². The van der Waals surface area contributed by atoms with Gasteiger partial charge in [0.1, 0.15) is 11.5 Å². The molecule has 0 bridgehead atoms. The Kier molecular flexibility index (Phi) is 40.5. The summed E-state index contributed by atoms with van der Waals surface area (Å²) in [5.74, 6) is 1.81. The summed E-state index contributed by atoms with van der Waals surface area (Å²) in [5, 5.41) is 0. The van der Waals surface area contributed by atoms with Gasteiger partial charge in [0.15, 0.2) is 0 Å². The van der Waals surface area contributed by atoms with E-state index in [9.17, 15) is 28.7 Å². The predicted molar refractivity (Wildman–Crippen MR) is 335 cm³/mol. The second-order valence-electron chi connectivity index (χ2n) is 27.0. The molecule has 2 radical (unpaired) electrons. The van der Waals surface area contributed by atoms with Gasteiger partial charge in [0.25, 0.3) is 0 Å². The van der Waals surface area contributed by atoms with E-state index >= 15 is 0 Å². The fourth-order valence-corrected chi connectivity index (χ4v) is 11.5. The van der Waals surface area contributed by atoms with Gasteiger partial charge in [0, 0.05) is 60.0 Å². The van der Waals surface area contributed by atoms with E-state index in [0.29, 0.717) is 24.3 Å². The van der Waals surface area contributed by atoms with Crippen molar-refractivity contribution in [3.8, 4) is 11.5 Å². The molecule has 2 aromatic rings. The SMILES string of the molecule is CCCCCCCCCCCCCCCCCCOc1c(C(C)(C)C)cc(CP(=O)(O)O)cc1C(C)(C)C.CCCCCCCCCCCCCCCCCCOc1c(C(C)(C)C)cc(CP(=O)(O)O)cc1C(C)(C)C.[Ca]. The van der Waals surface area contributed by atoms with E-state index < -0.39 is 15.2 Å². The standard InChI is InChI=1S/2C33H61O4P.Ca/c2*1-8-9-10-11-12-13-14-15-16-17-18-19-20-21-22-23-24-37-31-29(32(2,3)4)25-28(27-38(34,35)36)26-30(31)33(5,6)7;/h2*25-26H,8-24,27H2,1-7H3,(H2,34,35,36);. The minimum atomic E-state index is -4.14. The molecule has 8 nitrogen and oxygen atoms in total. The molecule has 0 amide bonds. The van der Waals surface area contributed by atoms with Gasteiger partial charge in [-0.15, -0.1) is 0 Å². The summed E-state index contributed by atoms with van der Waals surface area (Å²) in [4.78, 5) is 38.3. The van der Waals surface area contributed by atoms with Crippen LogP contribution < -0.4 is 9.47 Å². The van der Waals surface area contributed by atoms with Crippen LogP contribution in [0.25, 0.3) is 0 Å². The molecule has 0 fully saturated rings. The average Bonchev–Trinajstić information content (AvgIpc) is 3.29. The molecular formula is C66H122CaO8P2. The molecular weight excluding hydrogens is 1020 g/mol. The van der Waals surface area contributed by atoms with Crippen LogP contribution in [0.1, 0.15) is 336 Å². The van der Waals surface area contributed by atoms with Gasteiger partial charge in [-0.05, 0) is 45.6 Å². The summed E-state index contributed by atoms with van der Waals surface area (Å²) in [5.41, 5.74) is 4.75. The summed E-state index contributed by atoms with van der Waals surface area (Å²) in [6.07, 6.45) is 42.7. The van der Waals surface area contributed by atoms with E-state index in [1.807, 2.05) is 24.3 Å². The van der Waals surface area contributed by atoms with Crippen molar-refractivity contribution in [1.29, 1.82) is 0 Å². The van der Waals surface area contributed by atoms with E-state index in [2.05, 4.69) is 96.9 Å². The number of rotatable bonds is 40. The van der Waals surface area contributed by atoms with Crippen LogP contribution in [0.2, 0.25) is 0 Å². The Hall–Kier alpha value is -0.400. The second kappa shape index (κ2) is 40.8. The van der Waals surface area contributed by atoms with Gasteiger partial charge in [0.05, 0.1) is 25.5 Å². The van der Waals surface area contributed by atoms with Gasteiger partial charge < -0.3 is 29.0 Å². The van der Waals surface area contributed by atoms with Crippen molar-refractivity contribution in [2.45, 2.75) is 336 Å². The van der Waals surface area contributed by atoms with Crippen LogP contribution in [0.3, 0.4) is 0 Å². The van der Waals surface area contributed by atoms with Crippen LogP contribution in [-0.4, -0.2) is 70.5 Å². The maximum atomic E-state index is 11.7. The first-order valence-electron chi connectivity index (χ1n) is 31.2. The predicted octanol–water partition coefficient (Wildman–Crippen LogP) is 20.8. The fraction of sp³-hybridized carbons (Fsp3) is 0.818. The molecule has 0 saturated carbocycles. The minimum absolute atomic E-state index is 0. The first-order valence-corrected chi connectivity index (χ1v) is 34.8. The summed E-state index contributed by atoms with van der Waals surface area (Å²) >= 11 is 0. The van der Waals surface area contributed by atoms with Crippen LogP contribution in [0.4, 0.5) is 0 Å². The first kappa shape index (κ1) is 76.6. The van der Waals surface area contributed by atoms with Crippen LogP contribution in [0.5, 0.6) is 11.5 Å². The molecule has 77 heavy (non-hydrogen) atoms. The molecule has 0 atom stereocenters. The maximum Gasteiger partial charge on any atom is 0.329 e. The zero-order valence-corrected chi connectivity index (χ0v) is 56.8. The fourth-order valence-electron chi connectivity index (χ4n) is 10.2. The molecule has 0 aromatic heterocycles. The zero-order chi connectivity index (χ0) is 57.3. The molecule has 0 spiro atoms. The maximum absolute atomic E-state index is 11.7. The Morgan fingerprint density at radius 1 is 0.325 bits per heavy atom. The Bertz CT molecular complexity index is 1700. The molecule has 0 aliphatic carbocycles. The van der Waals surface area contributed by atoms with E-state index in [-0.39, 0.29) is 71.7 Å². The van der Waals surface area contributed by atoms with Crippen LogP contribution in [0, 0.1) is 0 Å². The largest absolute Gasteiger partial charge is 0.493 e. The van der Waals surface area contributed by atoms with Crippen molar-refractivity contribution in [2.24, 2.45) is 0 Å². The number of benzene rings is 2. The quantitative estimate of drug-likeness (QED) is 0.0295. The third-order valence-corrected chi connectivity index (χ3v) is 16.3. The second-order valence-corrected chi connectivity index (χ2v) is 30.3. The number of hydrogen-bond donors (Lipinski definition) is 4. The molecule has 0 aliphatic rings. The number of hydrogen-bond acceptors (Lipinski definition) is 4. The average molecular weight is 1150 g/mol. The van der Waals surface area contributed by atoms with E-state index in [1.165, 1.54) is 193 Å². The zero-order valence-electron chi connectivity index (χ0n) is 52.8. The van der Waals surface area contributed by atoms with Crippen molar-refractivity contribution in [3.63, 3.8) is 0 Å². The summed E-state index contributed by atoms with van der Waals surface area (Å²) < 4.78 is 36.3. The number of unbranched alkanes of at least 4 members (excludes halogenated alkanes) is 30. The Balaban J connectivity index is 0.00000148. The third kappa shape index (κ3) is 38.2. The van der Waals surface area contributed by atoms with Gasteiger partial charge in [-0.2, -0.15) is 0 Å². The van der Waals surface area contributed by atoms with Gasteiger partial charge in [-0.1, -0.05) is 314 Å². The number of ether oxygens (including phenoxy) is 2. The van der Waals surface area contributed by atoms with Gasteiger partial charge in [0.2, 0.25) is 0 Å². The van der Waals surface area contributed by atoms with Gasteiger partial charge in [-0.3, -0.25) is 9.13 Å². The summed E-state index contributed by atoms with van der Waals surface area (Å²) in [7, 11) is -8.29. The molecule has 0 heterocycles. The molecule has 0 aliphatic heterocycles. The van der Waals surface area contributed by atoms with Crippen LogP contribution in [0.15, 0.2) is 24.3 Å². The third-order valence-electron chi connectivity index (χ3n) is 14.8. The van der Waals surface area contributed by atoms with E-state index in [4.69, 9.17) is 9.47 Å². The molecule has 0 saturated heterocycles. The van der Waals surface area contributed by atoms with E-state index in [0.717, 1.165) is 46.6 Å². The first-order chi connectivity index (χ1) is 35.5. The minimum Gasteiger partial charge on any atom is -0.493 e. The van der Waals surface area contributed by atoms with Gasteiger partial charge >= 0.3 is 15.2 Å². The normalized spacial score (nSPS) is 12.6. The Morgan fingerprint density at radius 2 is 0.494 bits per heavy atom. The molecule has 2 rings (SSSR count). The molecule has 0 unspecified atom stereocenters. The molecule has 446 valence electrons. The van der Waals surface area contributed by atoms with Crippen molar-refractivity contribution in [1.82, 2.24) is 0 Å².